The van der Waals surface area contributed by atoms with E-state index in [2.05, 4.69) is 5.32 Å². The lowest BCUT2D eigenvalue weighted by Crippen LogP contribution is -2.30. The summed E-state index contributed by atoms with van der Waals surface area (Å²) in [4.78, 5) is 36.4. The number of nitrogens with one attached hydrogen (secondary N) is 1. The molecule has 9 heteroatoms. The standard InChI is InChI=1S/C20H14F3NO5/c1-11(18(26)24-13-6-4-5-12(9-13)20(21,22)23)28-19(27)17-10-15(25)14-7-2-3-8-16(14)29-17/h2-11H,1H3,(H,24,26)/t11-/m1/s1. The van der Waals surface area contributed by atoms with Gasteiger partial charge in [-0.1, -0.05) is 18.2 Å². The number of hydrogen-bond donors (Lipinski definition) is 1. The van der Waals surface area contributed by atoms with Gasteiger partial charge in [-0.25, -0.2) is 4.79 Å². The van der Waals surface area contributed by atoms with E-state index >= 15 is 0 Å². The predicted molar refractivity (Wildman–Crippen MR) is 97.4 cm³/mol. The zero-order valence-corrected chi connectivity index (χ0v) is 14.9. The second-order valence-corrected chi connectivity index (χ2v) is 6.09. The van der Waals surface area contributed by atoms with Gasteiger partial charge in [-0.3, -0.25) is 9.59 Å². The van der Waals surface area contributed by atoms with Crippen molar-refractivity contribution in [1.82, 2.24) is 0 Å². The number of rotatable bonds is 4. The Bertz CT molecular complexity index is 1140. The topological polar surface area (TPSA) is 85.6 Å². The van der Waals surface area contributed by atoms with E-state index in [0.29, 0.717) is 0 Å². The average molecular weight is 405 g/mol. The van der Waals surface area contributed by atoms with Gasteiger partial charge in [-0.15, -0.1) is 0 Å². The molecule has 1 amide bonds. The first kappa shape index (κ1) is 20.1. The maximum absolute atomic E-state index is 12.7. The number of para-hydroxylation sites is 1. The zero-order valence-electron chi connectivity index (χ0n) is 14.9. The maximum Gasteiger partial charge on any atom is 0.416 e. The lowest BCUT2D eigenvalue weighted by Gasteiger charge is -2.14. The molecule has 0 saturated carbocycles. The molecule has 0 aliphatic carbocycles. The smallest absolute Gasteiger partial charge is 0.416 e. The Hall–Kier alpha value is -3.62. The zero-order chi connectivity index (χ0) is 21.2. The van der Waals surface area contributed by atoms with Gasteiger partial charge < -0.3 is 14.5 Å². The molecule has 0 unspecified atom stereocenters. The Kier molecular flexibility index (Phi) is 5.40. The summed E-state index contributed by atoms with van der Waals surface area (Å²) in [5, 5.41) is 2.52. The van der Waals surface area contributed by atoms with Gasteiger partial charge in [-0.2, -0.15) is 13.2 Å². The normalized spacial score (nSPS) is 12.4. The first-order valence-corrected chi connectivity index (χ1v) is 8.37. The van der Waals surface area contributed by atoms with Crippen molar-refractivity contribution in [3.63, 3.8) is 0 Å². The van der Waals surface area contributed by atoms with Gasteiger partial charge in [0.15, 0.2) is 11.5 Å². The number of amides is 1. The molecule has 1 heterocycles. The van der Waals surface area contributed by atoms with E-state index < -0.39 is 40.9 Å². The highest BCUT2D eigenvalue weighted by molar-refractivity contribution is 5.97. The van der Waals surface area contributed by atoms with Crippen LogP contribution in [-0.4, -0.2) is 18.0 Å². The second-order valence-electron chi connectivity index (χ2n) is 6.09. The fourth-order valence-electron chi connectivity index (χ4n) is 2.49. The number of benzene rings is 2. The van der Waals surface area contributed by atoms with Crippen molar-refractivity contribution in [2.24, 2.45) is 0 Å². The number of carbonyl (C=O) groups is 2. The number of esters is 1. The lowest BCUT2D eigenvalue weighted by molar-refractivity contribution is -0.137. The van der Waals surface area contributed by atoms with Gasteiger partial charge in [0.2, 0.25) is 5.76 Å². The van der Waals surface area contributed by atoms with Crippen LogP contribution in [0.1, 0.15) is 23.0 Å². The SMILES string of the molecule is C[C@@H](OC(=O)c1cc(=O)c2ccccc2o1)C(=O)Nc1cccc(C(F)(F)F)c1. The average Bonchev–Trinajstić information content (AvgIpc) is 2.67. The van der Waals surface area contributed by atoms with Crippen molar-refractivity contribution in [3.05, 3.63) is 76.1 Å². The Balaban J connectivity index is 1.71. The first-order chi connectivity index (χ1) is 13.6. The van der Waals surface area contributed by atoms with Crippen LogP contribution in [0.5, 0.6) is 0 Å². The quantitative estimate of drug-likeness (QED) is 0.664. The van der Waals surface area contributed by atoms with Crippen molar-refractivity contribution in [3.8, 4) is 0 Å². The third kappa shape index (κ3) is 4.63. The summed E-state index contributed by atoms with van der Waals surface area (Å²) in [6.45, 7) is 1.24. The molecular formula is C20H14F3NO5. The monoisotopic (exact) mass is 405 g/mol. The molecule has 0 fully saturated rings. The molecule has 1 aromatic heterocycles. The number of anilines is 1. The number of alkyl halides is 3. The summed E-state index contributed by atoms with van der Waals surface area (Å²) in [5.41, 5.74) is -1.32. The lowest BCUT2D eigenvalue weighted by atomic mass is 10.2. The highest BCUT2D eigenvalue weighted by atomic mass is 19.4. The van der Waals surface area contributed by atoms with Gasteiger partial charge in [0.1, 0.15) is 5.58 Å². The molecule has 0 aliphatic rings. The fraction of sp³-hybridized carbons (Fsp3) is 0.150. The summed E-state index contributed by atoms with van der Waals surface area (Å²) < 4.78 is 48.5. The van der Waals surface area contributed by atoms with Gasteiger partial charge in [0, 0.05) is 11.8 Å². The molecule has 2 aromatic carbocycles. The van der Waals surface area contributed by atoms with E-state index in [1.807, 2.05) is 0 Å². The molecule has 0 spiro atoms. The van der Waals surface area contributed by atoms with Crippen molar-refractivity contribution < 1.29 is 31.9 Å². The minimum absolute atomic E-state index is 0.107. The van der Waals surface area contributed by atoms with Crippen molar-refractivity contribution in [1.29, 1.82) is 0 Å². The Morgan fingerprint density at radius 1 is 1.07 bits per heavy atom. The van der Waals surface area contributed by atoms with Gasteiger partial charge in [0.05, 0.1) is 10.9 Å². The van der Waals surface area contributed by atoms with Crippen LogP contribution < -0.4 is 10.7 Å². The molecule has 0 bridgehead atoms. The van der Waals surface area contributed by atoms with E-state index in [1.54, 1.807) is 12.1 Å². The van der Waals surface area contributed by atoms with Crippen LogP contribution in [0.25, 0.3) is 11.0 Å². The molecule has 6 nitrogen and oxygen atoms in total. The van der Waals surface area contributed by atoms with E-state index in [9.17, 15) is 27.6 Å². The number of fused-ring (bicyclic) bond motifs is 1. The van der Waals surface area contributed by atoms with Crippen LogP contribution in [0.15, 0.2) is 63.8 Å². The van der Waals surface area contributed by atoms with Crippen molar-refractivity contribution in [2.45, 2.75) is 19.2 Å². The van der Waals surface area contributed by atoms with Crippen molar-refractivity contribution >= 4 is 28.5 Å². The van der Waals surface area contributed by atoms with Crippen LogP contribution >= 0.6 is 0 Å². The van der Waals surface area contributed by atoms with Crippen LogP contribution in [0, 0.1) is 0 Å². The number of ether oxygens (including phenoxy) is 1. The van der Waals surface area contributed by atoms with E-state index in [-0.39, 0.29) is 16.7 Å². The number of halogens is 3. The number of hydrogen-bond acceptors (Lipinski definition) is 5. The molecule has 150 valence electrons. The molecule has 29 heavy (non-hydrogen) atoms. The molecule has 0 saturated heterocycles. The highest BCUT2D eigenvalue weighted by Gasteiger charge is 2.30. The molecular weight excluding hydrogens is 391 g/mol. The molecule has 3 aromatic rings. The van der Waals surface area contributed by atoms with Gasteiger partial charge >= 0.3 is 12.1 Å². The van der Waals surface area contributed by atoms with E-state index in [4.69, 9.17) is 9.15 Å². The van der Waals surface area contributed by atoms with Crippen LogP contribution in [0.4, 0.5) is 18.9 Å². The second kappa shape index (κ2) is 7.78. The minimum Gasteiger partial charge on any atom is -0.449 e. The summed E-state index contributed by atoms with van der Waals surface area (Å²) in [7, 11) is 0. The van der Waals surface area contributed by atoms with Crippen molar-refractivity contribution in [2.75, 3.05) is 5.32 Å². The maximum atomic E-state index is 12.7. The Morgan fingerprint density at radius 2 is 1.79 bits per heavy atom. The third-order valence-corrected chi connectivity index (χ3v) is 3.95. The Labute approximate surface area is 161 Å². The van der Waals surface area contributed by atoms with Gasteiger partial charge in [-0.05, 0) is 37.3 Å². The fourth-order valence-corrected chi connectivity index (χ4v) is 2.49. The molecule has 1 N–H and O–H groups in total. The summed E-state index contributed by atoms with van der Waals surface area (Å²) >= 11 is 0. The van der Waals surface area contributed by atoms with Crippen LogP contribution in [0.2, 0.25) is 0 Å². The summed E-state index contributed by atoms with van der Waals surface area (Å²) in [6.07, 6.45) is -5.92. The molecule has 0 radical (unpaired) electrons. The Morgan fingerprint density at radius 3 is 2.52 bits per heavy atom. The summed E-state index contributed by atoms with van der Waals surface area (Å²) in [5.74, 6) is -2.30. The molecule has 1 atom stereocenters. The number of carbonyl (C=O) groups excluding carboxylic acids is 2. The van der Waals surface area contributed by atoms with Gasteiger partial charge in [0.25, 0.3) is 5.91 Å². The van der Waals surface area contributed by atoms with E-state index in [0.717, 1.165) is 24.3 Å². The molecule has 0 aliphatic heterocycles. The highest BCUT2D eigenvalue weighted by Crippen LogP contribution is 2.30. The molecule has 3 rings (SSSR count). The largest absolute Gasteiger partial charge is 0.449 e. The minimum atomic E-state index is -4.56. The summed E-state index contributed by atoms with van der Waals surface area (Å²) in [6, 6.07) is 11.3. The third-order valence-electron chi connectivity index (χ3n) is 3.95. The predicted octanol–water partition coefficient (Wildman–Crippen LogP) is 4.00. The van der Waals surface area contributed by atoms with Crippen LogP contribution in [0.3, 0.4) is 0 Å². The first-order valence-electron chi connectivity index (χ1n) is 8.37. The van der Waals surface area contributed by atoms with E-state index in [1.165, 1.54) is 25.1 Å². The van der Waals surface area contributed by atoms with Crippen LogP contribution in [-0.2, 0) is 15.7 Å².